The number of anilines is 1. The fourth-order valence-corrected chi connectivity index (χ4v) is 4.62. The van der Waals surface area contributed by atoms with Crippen molar-refractivity contribution in [2.24, 2.45) is 0 Å². The molecule has 0 aliphatic heterocycles. The minimum Gasteiger partial charge on any atom is -0.278 e. The number of hydrogen-bond donors (Lipinski definition) is 1. The van der Waals surface area contributed by atoms with Crippen molar-refractivity contribution >= 4 is 15.7 Å². The maximum atomic E-state index is 12.9. The molecule has 0 saturated carbocycles. The van der Waals surface area contributed by atoms with E-state index < -0.39 is 10.0 Å². The molecule has 0 radical (unpaired) electrons. The van der Waals surface area contributed by atoms with Gasteiger partial charge in [0.2, 0.25) is 0 Å². The quantitative estimate of drug-likeness (QED) is 0.417. The molecule has 0 fully saturated rings. The molecule has 3 aromatic heterocycles. The molecule has 4 aromatic rings. The second-order valence-corrected chi connectivity index (χ2v) is 9.65. The minimum absolute atomic E-state index is 0.101. The second kappa shape index (κ2) is 10.4. The lowest BCUT2D eigenvalue weighted by molar-refractivity contribution is 0.601. The number of rotatable bonds is 5. The van der Waals surface area contributed by atoms with Crippen LogP contribution in [0.2, 0.25) is 0 Å². The van der Waals surface area contributed by atoms with Gasteiger partial charge in [0.15, 0.2) is 0 Å². The Labute approximate surface area is 211 Å². The lowest BCUT2D eigenvalue weighted by atomic mass is 10.0. The molecule has 3 heterocycles. The summed E-state index contributed by atoms with van der Waals surface area (Å²) >= 11 is 0. The van der Waals surface area contributed by atoms with E-state index in [-0.39, 0.29) is 4.90 Å². The first kappa shape index (κ1) is 24.6. The van der Waals surface area contributed by atoms with E-state index in [0.717, 1.165) is 22.6 Å². The number of nitrogens with one attached hydrogen (secondary N) is 1. The van der Waals surface area contributed by atoms with Crippen LogP contribution in [0.5, 0.6) is 0 Å². The average Bonchev–Trinajstić information content (AvgIpc) is 2.88. The van der Waals surface area contributed by atoms with Gasteiger partial charge in [-0.2, -0.15) is 0 Å². The summed E-state index contributed by atoms with van der Waals surface area (Å²) in [5.41, 5.74) is 6.02. The third-order valence-corrected chi connectivity index (χ3v) is 6.81. The third kappa shape index (κ3) is 5.41. The van der Waals surface area contributed by atoms with Crippen molar-refractivity contribution in [3.05, 3.63) is 95.0 Å². The van der Waals surface area contributed by atoms with E-state index in [1.54, 1.807) is 37.5 Å². The highest BCUT2D eigenvalue weighted by Gasteiger charge is 2.16. The fraction of sp³-hybridized carbons (Fsp3) is 0.143. The Bertz CT molecular complexity index is 1640. The Kier molecular flexibility index (Phi) is 7.10. The topological polar surface area (TPSA) is 97.7 Å². The highest BCUT2D eigenvalue weighted by Crippen LogP contribution is 2.24. The molecule has 4 rings (SSSR count). The molecule has 0 unspecified atom stereocenters. The van der Waals surface area contributed by atoms with E-state index >= 15 is 0 Å². The van der Waals surface area contributed by atoms with Crippen LogP contribution in [0.3, 0.4) is 0 Å². The lowest BCUT2D eigenvalue weighted by Gasteiger charge is -2.11. The van der Waals surface area contributed by atoms with Crippen molar-refractivity contribution < 1.29 is 8.42 Å². The van der Waals surface area contributed by atoms with Crippen LogP contribution in [0, 0.1) is 38.0 Å². The van der Waals surface area contributed by atoms with Crippen LogP contribution in [0.1, 0.15) is 40.7 Å². The lowest BCUT2D eigenvalue weighted by Crippen LogP contribution is -2.14. The van der Waals surface area contributed by atoms with Crippen LogP contribution in [-0.4, -0.2) is 28.4 Å². The number of pyridine rings is 2. The monoisotopic (exact) mass is 493 g/mol. The van der Waals surface area contributed by atoms with Crippen molar-refractivity contribution in [1.29, 1.82) is 0 Å². The second-order valence-electron chi connectivity index (χ2n) is 7.96. The molecule has 7 nitrogen and oxygen atoms in total. The van der Waals surface area contributed by atoms with Gasteiger partial charge in [-0.05, 0) is 62.7 Å². The largest absolute Gasteiger partial charge is 0.278 e. The van der Waals surface area contributed by atoms with Crippen LogP contribution in [0.15, 0.2) is 66.1 Å². The van der Waals surface area contributed by atoms with Crippen LogP contribution in [0.25, 0.3) is 11.3 Å². The zero-order chi connectivity index (χ0) is 25.7. The van der Waals surface area contributed by atoms with Crippen molar-refractivity contribution in [1.82, 2.24) is 19.9 Å². The maximum Gasteiger partial charge on any atom is 0.261 e. The predicted molar refractivity (Wildman–Crippen MR) is 140 cm³/mol. The summed E-state index contributed by atoms with van der Waals surface area (Å²) in [6.07, 6.45) is 10.9. The van der Waals surface area contributed by atoms with E-state index in [2.05, 4.69) is 42.4 Å². The maximum absolute atomic E-state index is 12.9. The van der Waals surface area contributed by atoms with Gasteiger partial charge in [-0.25, -0.2) is 18.4 Å². The van der Waals surface area contributed by atoms with Gasteiger partial charge in [0.1, 0.15) is 6.33 Å². The fourth-order valence-electron chi connectivity index (χ4n) is 3.51. The normalized spacial score (nSPS) is 10.7. The molecule has 0 aliphatic rings. The summed E-state index contributed by atoms with van der Waals surface area (Å²) in [4.78, 5) is 17.6. The Balaban J connectivity index is 1.70. The first-order valence-electron chi connectivity index (χ1n) is 11.2. The van der Waals surface area contributed by atoms with E-state index in [1.807, 2.05) is 26.0 Å². The first-order valence-corrected chi connectivity index (χ1v) is 12.6. The number of aryl methyl sites for hydroxylation is 3. The predicted octanol–water partition coefficient (Wildman–Crippen LogP) is 4.29. The summed E-state index contributed by atoms with van der Waals surface area (Å²) in [5.74, 6) is 8.77. The van der Waals surface area contributed by atoms with Gasteiger partial charge in [0.25, 0.3) is 10.0 Å². The standard InChI is InChI=1S/C28H23N5O2S/c1-5-21-7-10-24(11-8-21)36(34,35)33-27-16-22(17-30-20(27)4)9-12-25-26(6-2)31-18-32-28(25)23-13-14-29-19(3)15-23/h1,7-8,10-11,13-18,33H,6H2,2-4H3. The zero-order valence-electron chi connectivity index (χ0n) is 20.1. The highest BCUT2D eigenvalue weighted by atomic mass is 32.2. The van der Waals surface area contributed by atoms with Gasteiger partial charge in [-0.3, -0.25) is 14.7 Å². The molecule has 0 amide bonds. The molecule has 1 N–H and O–H groups in total. The molecule has 178 valence electrons. The molecule has 0 atom stereocenters. The van der Waals surface area contributed by atoms with Crippen molar-refractivity contribution in [3.63, 3.8) is 0 Å². The van der Waals surface area contributed by atoms with E-state index in [4.69, 9.17) is 6.42 Å². The summed E-state index contributed by atoms with van der Waals surface area (Å²) in [6, 6.07) is 11.6. The Hall–Kier alpha value is -4.53. The summed E-state index contributed by atoms with van der Waals surface area (Å²) < 4.78 is 28.4. The van der Waals surface area contributed by atoms with Gasteiger partial charge in [0.05, 0.1) is 33.2 Å². The van der Waals surface area contributed by atoms with E-state index in [1.165, 1.54) is 18.5 Å². The number of aromatic nitrogens is 4. The van der Waals surface area contributed by atoms with Crippen LogP contribution in [0.4, 0.5) is 5.69 Å². The summed E-state index contributed by atoms with van der Waals surface area (Å²) in [5, 5.41) is 0. The number of nitrogens with zero attached hydrogens (tertiary/aromatic N) is 4. The Morgan fingerprint density at radius 1 is 0.944 bits per heavy atom. The molecular formula is C28H23N5O2S. The molecule has 0 bridgehead atoms. The minimum atomic E-state index is -3.83. The average molecular weight is 494 g/mol. The van der Waals surface area contributed by atoms with Crippen LogP contribution < -0.4 is 4.72 Å². The summed E-state index contributed by atoms with van der Waals surface area (Å²) in [6.45, 7) is 5.65. The van der Waals surface area contributed by atoms with Crippen molar-refractivity contribution in [2.45, 2.75) is 32.1 Å². The third-order valence-electron chi connectivity index (χ3n) is 5.43. The van der Waals surface area contributed by atoms with E-state index in [9.17, 15) is 8.42 Å². The van der Waals surface area contributed by atoms with Gasteiger partial charge >= 0.3 is 0 Å². The van der Waals surface area contributed by atoms with Gasteiger partial charge in [0, 0.05) is 34.8 Å². The number of hydrogen-bond acceptors (Lipinski definition) is 6. The van der Waals surface area contributed by atoms with E-state index in [0.29, 0.717) is 34.5 Å². The SMILES string of the molecule is C#Cc1ccc(S(=O)(=O)Nc2cc(C#Cc3c(CC)ncnc3-c3ccnc(C)c3)cnc2C)cc1. The Morgan fingerprint density at radius 3 is 2.42 bits per heavy atom. The zero-order valence-corrected chi connectivity index (χ0v) is 20.9. The molecule has 0 spiro atoms. The Morgan fingerprint density at radius 2 is 1.72 bits per heavy atom. The smallest absolute Gasteiger partial charge is 0.261 e. The van der Waals surface area contributed by atoms with Gasteiger partial charge < -0.3 is 0 Å². The van der Waals surface area contributed by atoms with Crippen molar-refractivity contribution in [2.75, 3.05) is 4.72 Å². The number of terminal acetylenes is 1. The van der Waals surface area contributed by atoms with Crippen molar-refractivity contribution in [3.8, 4) is 35.4 Å². The number of benzene rings is 1. The molecule has 0 saturated heterocycles. The molecule has 36 heavy (non-hydrogen) atoms. The number of sulfonamides is 1. The molecule has 8 heteroatoms. The van der Waals surface area contributed by atoms with Crippen LogP contribution in [-0.2, 0) is 16.4 Å². The summed E-state index contributed by atoms with van der Waals surface area (Å²) in [7, 11) is -3.83. The van der Waals surface area contributed by atoms with Gasteiger partial charge in [-0.1, -0.05) is 24.7 Å². The molecule has 0 aliphatic carbocycles. The van der Waals surface area contributed by atoms with Gasteiger partial charge in [-0.15, -0.1) is 6.42 Å². The highest BCUT2D eigenvalue weighted by molar-refractivity contribution is 7.92. The molecule has 1 aromatic carbocycles. The first-order chi connectivity index (χ1) is 17.3. The van der Waals surface area contributed by atoms with Crippen LogP contribution >= 0.6 is 0 Å². The molecular weight excluding hydrogens is 470 g/mol.